The minimum atomic E-state index is -0.852. The Hall–Kier alpha value is -3.98. The van der Waals surface area contributed by atoms with Crippen LogP contribution in [-0.2, 0) is 39.6 Å². The van der Waals surface area contributed by atoms with Crippen molar-refractivity contribution in [2.45, 2.75) is 49.5 Å². The highest BCUT2D eigenvalue weighted by molar-refractivity contribution is 5.34. The molecular formula is C44H56F2N2O8. The van der Waals surface area contributed by atoms with E-state index in [4.69, 9.17) is 37.3 Å². The van der Waals surface area contributed by atoms with E-state index in [9.17, 15) is 8.78 Å². The summed E-state index contributed by atoms with van der Waals surface area (Å²) >= 11 is 0. The van der Waals surface area contributed by atoms with E-state index < -0.39 is 23.8 Å². The Bertz CT molecular complexity index is 1630. The van der Waals surface area contributed by atoms with Crippen LogP contribution in [0.5, 0.6) is 0 Å². The van der Waals surface area contributed by atoms with E-state index in [0.29, 0.717) is 75.5 Å². The van der Waals surface area contributed by atoms with Crippen molar-refractivity contribution in [2.24, 2.45) is 0 Å². The summed E-state index contributed by atoms with van der Waals surface area (Å²) in [6.45, 7) is 12.2. The predicted octanol–water partition coefficient (Wildman–Crippen LogP) is 8.50. The largest absolute Gasteiger partial charge is 0.457 e. The molecule has 6 rings (SSSR count). The standard InChI is InChI=1S/2C22H28FNO4/c2*1-4-14-27-22(12-5-13-24(2)3,17-6-8-18(23)9-7-17)20-11-10-19(28-20)21-25-15-16-26-21/h2*4,6-11,21H,1,5,12-16H2,2-3H3/t2*22-/m10/s1. The topological polar surface area (TPSA) is 88.1 Å². The van der Waals surface area contributed by atoms with Gasteiger partial charge in [0.1, 0.15) is 23.2 Å². The van der Waals surface area contributed by atoms with Gasteiger partial charge in [0.2, 0.25) is 12.6 Å². The quantitative estimate of drug-likeness (QED) is 0.0815. The fourth-order valence-electron chi connectivity index (χ4n) is 6.84. The highest BCUT2D eigenvalue weighted by Crippen LogP contribution is 2.42. The van der Waals surface area contributed by atoms with Gasteiger partial charge in [-0.25, -0.2) is 8.78 Å². The van der Waals surface area contributed by atoms with E-state index >= 15 is 0 Å². The van der Waals surface area contributed by atoms with Crippen LogP contribution in [0.15, 0.2) is 107 Å². The molecule has 304 valence electrons. The number of halogens is 2. The average Bonchev–Trinajstić information content (AvgIpc) is 4.03. The van der Waals surface area contributed by atoms with E-state index in [1.54, 1.807) is 36.4 Å². The molecule has 2 aliphatic heterocycles. The predicted molar refractivity (Wildman–Crippen MR) is 209 cm³/mol. The van der Waals surface area contributed by atoms with E-state index in [-0.39, 0.29) is 11.6 Å². The Morgan fingerprint density at radius 2 is 0.946 bits per heavy atom. The lowest BCUT2D eigenvalue weighted by molar-refractivity contribution is -0.0668. The second-order valence-corrected chi connectivity index (χ2v) is 14.2. The van der Waals surface area contributed by atoms with Gasteiger partial charge in [-0.05, 0) is 127 Å². The summed E-state index contributed by atoms with van der Waals surface area (Å²) < 4.78 is 74.3. The van der Waals surface area contributed by atoms with Gasteiger partial charge < -0.3 is 47.1 Å². The smallest absolute Gasteiger partial charge is 0.217 e. The van der Waals surface area contributed by atoms with E-state index in [1.807, 2.05) is 52.5 Å². The lowest BCUT2D eigenvalue weighted by Crippen LogP contribution is -2.32. The van der Waals surface area contributed by atoms with Crippen molar-refractivity contribution >= 4 is 0 Å². The third kappa shape index (κ3) is 11.1. The molecule has 12 heteroatoms. The number of ether oxygens (including phenoxy) is 6. The van der Waals surface area contributed by atoms with Gasteiger partial charge in [0, 0.05) is 0 Å². The van der Waals surface area contributed by atoms with Crippen LogP contribution in [0.4, 0.5) is 8.78 Å². The molecule has 4 heterocycles. The van der Waals surface area contributed by atoms with Crippen molar-refractivity contribution in [3.05, 3.63) is 144 Å². The number of furan rings is 2. The van der Waals surface area contributed by atoms with Gasteiger partial charge in [-0.1, -0.05) is 36.4 Å². The molecule has 4 aromatic rings. The molecule has 2 aliphatic rings. The zero-order valence-corrected chi connectivity index (χ0v) is 33.1. The van der Waals surface area contributed by atoms with Crippen LogP contribution in [0.2, 0.25) is 0 Å². The molecular weight excluding hydrogens is 722 g/mol. The maximum atomic E-state index is 13.6. The van der Waals surface area contributed by atoms with Gasteiger partial charge >= 0.3 is 0 Å². The van der Waals surface area contributed by atoms with Crippen molar-refractivity contribution in [1.29, 1.82) is 0 Å². The SMILES string of the molecule is C=CCO[C@@](CCCN(C)C)(c1ccc(F)cc1)c1ccc(C2OCCO2)o1.C=CCO[C@](CCCN(C)C)(c1ccc(F)cc1)c1ccc(C2OCCO2)o1. The zero-order chi connectivity index (χ0) is 40.0. The van der Waals surface area contributed by atoms with E-state index in [1.165, 1.54) is 24.3 Å². The molecule has 0 aliphatic carbocycles. The summed E-state index contributed by atoms with van der Waals surface area (Å²) in [5, 5.41) is 0. The van der Waals surface area contributed by atoms with Crippen LogP contribution >= 0.6 is 0 Å². The molecule has 0 radical (unpaired) electrons. The second kappa shape index (κ2) is 21.0. The molecule has 0 amide bonds. The first kappa shape index (κ1) is 43.1. The molecule has 2 aromatic carbocycles. The van der Waals surface area contributed by atoms with Gasteiger partial charge in [0.15, 0.2) is 22.7 Å². The van der Waals surface area contributed by atoms with Crippen molar-refractivity contribution in [2.75, 3.05) is 80.9 Å². The third-order valence-corrected chi connectivity index (χ3v) is 9.54. The lowest BCUT2D eigenvalue weighted by atomic mass is 9.86. The fourth-order valence-corrected chi connectivity index (χ4v) is 6.84. The average molecular weight is 779 g/mol. The van der Waals surface area contributed by atoms with E-state index in [2.05, 4.69) is 23.0 Å². The van der Waals surface area contributed by atoms with Crippen molar-refractivity contribution in [1.82, 2.24) is 9.80 Å². The molecule has 0 N–H and O–H groups in total. The number of rotatable bonds is 20. The Kier molecular flexibility index (Phi) is 16.2. The fraction of sp³-hybridized carbons (Fsp3) is 0.455. The summed E-state index contributed by atoms with van der Waals surface area (Å²) in [6, 6.07) is 20.3. The van der Waals surface area contributed by atoms with Crippen molar-refractivity contribution in [3.63, 3.8) is 0 Å². The first-order chi connectivity index (χ1) is 27.1. The molecule has 56 heavy (non-hydrogen) atoms. The maximum Gasteiger partial charge on any atom is 0.217 e. The maximum absolute atomic E-state index is 13.6. The van der Waals surface area contributed by atoms with Crippen LogP contribution < -0.4 is 0 Å². The van der Waals surface area contributed by atoms with Crippen LogP contribution in [0.3, 0.4) is 0 Å². The Morgan fingerprint density at radius 3 is 1.27 bits per heavy atom. The van der Waals surface area contributed by atoms with Gasteiger partial charge in [-0.15, -0.1) is 13.2 Å². The minimum absolute atomic E-state index is 0.289. The molecule has 0 saturated carbocycles. The first-order valence-electron chi connectivity index (χ1n) is 19.1. The molecule has 10 nitrogen and oxygen atoms in total. The van der Waals surface area contributed by atoms with Crippen LogP contribution in [0.25, 0.3) is 0 Å². The Balaban J connectivity index is 0.000000214. The molecule has 0 unspecified atom stereocenters. The summed E-state index contributed by atoms with van der Waals surface area (Å²) in [7, 11) is 8.13. The Morgan fingerprint density at radius 1 is 0.589 bits per heavy atom. The molecule has 2 aromatic heterocycles. The third-order valence-electron chi connectivity index (χ3n) is 9.54. The lowest BCUT2D eigenvalue weighted by Gasteiger charge is -2.33. The van der Waals surface area contributed by atoms with E-state index in [0.717, 1.165) is 37.1 Å². The summed E-state index contributed by atoms with van der Waals surface area (Å²) in [4.78, 5) is 4.24. The number of benzene rings is 2. The molecule has 0 bridgehead atoms. The zero-order valence-electron chi connectivity index (χ0n) is 33.1. The summed E-state index contributed by atoms with van der Waals surface area (Å²) in [5.41, 5.74) is -0.0314. The van der Waals surface area contributed by atoms with Crippen LogP contribution in [0, 0.1) is 11.6 Å². The molecule has 2 atom stereocenters. The van der Waals surface area contributed by atoms with Gasteiger partial charge in [0.05, 0.1) is 39.6 Å². The number of hydrogen-bond acceptors (Lipinski definition) is 10. The molecule has 2 fully saturated rings. The normalized spacial score (nSPS) is 17.1. The first-order valence-corrected chi connectivity index (χ1v) is 19.1. The van der Waals surface area contributed by atoms with Gasteiger partial charge in [-0.3, -0.25) is 0 Å². The number of hydrogen-bond donors (Lipinski definition) is 0. The van der Waals surface area contributed by atoms with Crippen molar-refractivity contribution < 1.29 is 46.0 Å². The van der Waals surface area contributed by atoms with Gasteiger partial charge in [0.25, 0.3) is 0 Å². The number of nitrogens with zero attached hydrogens (tertiary/aromatic N) is 2. The Labute approximate surface area is 329 Å². The van der Waals surface area contributed by atoms with Crippen molar-refractivity contribution in [3.8, 4) is 0 Å². The summed E-state index contributed by atoms with van der Waals surface area (Å²) in [5.74, 6) is 1.93. The second-order valence-electron chi connectivity index (χ2n) is 14.2. The highest BCUT2D eigenvalue weighted by atomic mass is 19.1. The minimum Gasteiger partial charge on any atom is -0.457 e. The van der Waals surface area contributed by atoms with Crippen LogP contribution in [0.1, 0.15) is 72.4 Å². The molecule has 2 saturated heterocycles. The highest BCUT2D eigenvalue weighted by Gasteiger charge is 2.40. The molecule has 0 spiro atoms. The summed E-state index contributed by atoms with van der Waals surface area (Å²) in [6.07, 6.45) is 5.49. The van der Waals surface area contributed by atoms with Crippen LogP contribution in [-0.4, -0.2) is 90.7 Å². The van der Waals surface area contributed by atoms with Gasteiger partial charge in [-0.2, -0.15) is 0 Å². The monoisotopic (exact) mass is 778 g/mol.